The number of rotatable bonds is 4. The van der Waals surface area contributed by atoms with Gasteiger partial charge in [-0.05, 0) is 33.8 Å². The molecule has 0 saturated carbocycles. The van der Waals surface area contributed by atoms with Gasteiger partial charge in [-0.2, -0.15) is 0 Å². The molecule has 17 heavy (non-hydrogen) atoms. The Morgan fingerprint density at radius 1 is 1.59 bits per heavy atom. The van der Waals surface area contributed by atoms with E-state index in [1.807, 2.05) is 0 Å². The Bertz CT molecular complexity index is 407. The molecule has 0 spiro atoms. The summed E-state index contributed by atoms with van der Waals surface area (Å²) in [5.74, 6) is 0.821. The van der Waals surface area contributed by atoms with Crippen LogP contribution in [-0.4, -0.2) is 28.8 Å². The van der Waals surface area contributed by atoms with Gasteiger partial charge in [-0.25, -0.2) is 0 Å². The van der Waals surface area contributed by atoms with E-state index < -0.39 is 17.6 Å². The van der Waals surface area contributed by atoms with Crippen LogP contribution in [0.4, 0.5) is 0 Å². The molecule has 0 fully saturated rings. The molecule has 96 valence electrons. The minimum Gasteiger partial charge on any atom is -0.466 e. The fourth-order valence-electron chi connectivity index (χ4n) is 1.67. The smallest absolute Gasteiger partial charge is 0.248 e. The first-order valence-electron chi connectivity index (χ1n) is 5.49. The fraction of sp³-hybridized carbons (Fsp3) is 0.583. The normalized spacial score (nSPS) is 16.4. The highest BCUT2D eigenvalue weighted by atomic mass is 16.3. The van der Waals surface area contributed by atoms with Gasteiger partial charge in [0.2, 0.25) is 5.91 Å². The van der Waals surface area contributed by atoms with E-state index in [9.17, 15) is 9.90 Å². The van der Waals surface area contributed by atoms with E-state index in [0.717, 1.165) is 0 Å². The molecule has 2 atom stereocenters. The third kappa shape index (κ3) is 3.31. The monoisotopic (exact) mass is 241 g/mol. The quantitative estimate of drug-likeness (QED) is 0.721. The van der Waals surface area contributed by atoms with E-state index in [1.54, 1.807) is 26.8 Å². The highest BCUT2D eigenvalue weighted by Crippen LogP contribution is 2.26. The standard InChI is InChI=1S/C12H19NO4/c1-7-5-10(9(3)17-7)12(4,16)6-13-11(15)8(2)14/h5,8,14,16H,6H2,1-4H3,(H,13,15). The van der Waals surface area contributed by atoms with Gasteiger partial charge in [0.05, 0.1) is 6.54 Å². The number of carbonyl (C=O) groups is 1. The largest absolute Gasteiger partial charge is 0.466 e. The van der Waals surface area contributed by atoms with Crippen molar-refractivity contribution in [3.05, 3.63) is 23.2 Å². The van der Waals surface area contributed by atoms with Crippen molar-refractivity contribution >= 4 is 5.91 Å². The molecule has 0 aliphatic carbocycles. The van der Waals surface area contributed by atoms with Crippen LogP contribution in [0.15, 0.2) is 10.5 Å². The van der Waals surface area contributed by atoms with E-state index in [1.165, 1.54) is 6.92 Å². The predicted molar refractivity (Wildman–Crippen MR) is 62.4 cm³/mol. The van der Waals surface area contributed by atoms with Crippen molar-refractivity contribution in [2.75, 3.05) is 6.54 Å². The maximum absolute atomic E-state index is 11.2. The van der Waals surface area contributed by atoms with Gasteiger partial charge < -0.3 is 19.9 Å². The van der Waals surface area contributed by atoms with Gasteiger partial charge in [-0.3, -0.25) is 4.79 Å². The summed E-state index contributed by atoms with van der Waals surface area (Å²) >= 11 is 0. The third-order valence-corrected chi connectivity index (χ3v) is 2.61. The van der Waals surface area contributed by atoms with Crippen LogP contribution in [0.3, 0.4) is 0 Å². The molecule has 1 rings (SSSR count). The summed E-state index contributed by atoms with van der Waals surface area (Å²) in [6.45, 7) is 6.54. The third-order valence-electron chi connectivity index (χ3n) is 2.61. The van der Waals surface area contributed by atoms with E-state index in [2.05, 4.69) is 5.32 Å². The SMILES string of the molecule is Cc1cc(C(C)(O)CNC(=O)C(C)O)c(C)o1. The molecule has 1 aromatic heterocycles. The Morgan fingerprint density at radius 3 is 2.59 bits per heavy atom. The van der Waals surface area contributed by atoms with E-state index in [-0.39, 0.29) is 6.54 Å². The number of carbonyl (C=O) groups excluding carboxylic acids is 1. The van der Waals surface area contributed by atoms with Gasteiger partial charge in [0.25, 0.3) is 0 Å². The lowest BCUT2D eigenvalue weighted by atomic mass is 9.96. The van der Waals surface area contributed by atoms with Crippen LogP contribution in [0.5, 0.6) is 0 Å². The van der Waals surface area contributed by atoms with Gasteiger partial charge in [-0.1, -0.05) is 0 Å². The number of nitrogens with one attached hydrogen (secondary N) is 1. The summed E-state index contributed by atoms with van der Waals surface area (Å²) in [5, 5.41) is 21.8. The summed E-state index contributed by atoms with van der Waals surface area (Å²) in [7, 11) is 0. The van der Waals surface area contributed by atoms with E-state index in [4.69, 9.17) is 9.52 Å². The molecule has 1 amide bonds. The zero-order chi connectivity index (χ0) is 13.2. The average molecular weight is 241 g/mol. The Balaban J connectivity index is 2.75. The van der Waals surface area contributed by atoms with Gasteiger partial charge in [0.1, 0.15) is 23.2 Å². The number of furan rings is 1. The Morgan fingerprint density at radius 2 is 2.18 bits per heavy atom. The Labute approximate surface area is 100 Å². The van der Waals surface area contributed by atoms with Crippen molar-refractivity contribution in [2.24, 2.45) is 0 Å². The van der Waals surface area contributed by atoms with Crippen LogP contribution in [0.1, 0.15) is 30.9 Å². The summed E-state index contributed by atoms with van der Waals surface area (Å²) in [5.41, 5.74) is -0.576. The second-order valence-corrected chi connectivity index (χ2v) is 4.49. The number of amides is 1. The lowest BCUT2D eigenvalue weighted by Gasteiger charge is -2.23. The van der Waals surface area contributed by atoms with Crippen molar-refractivity contribution in [3.8, 4) is 0 Å². The van der Waals surface area contributed by atoms with E-state index >= 15 is 0 Å². The number of hydrogen-bond acceptors (Lipinski definition) is 4. The van der Waals surface area contributed by atoms with Crippen LogP contribution >= 0.6 is 0 Å². The molecular weight excluding hydrogens is 222 g/mol. The van der Waals surface area contributed by atoms with Crippen LogP contribution in [-0.2, 0) is 10.4 Å². The number of aliphatic hydroxyl groups excluding tert-OH is 1. The summed E-state index contributed by atoms with van der Waals surface area (Å²) in [6.07, 6.45) is -1.09. The zero-order valence-corrected chi connectivity index (χ0v) is 10.6. The average Bonchev–Trinajstić information content (AvgIpc) is 2.55. The molecule has 1 heterocycles. The number of hydrogen-bond donors (Lipinski definition) is 3. The molecule has 0 aliphatic heterocycles. The molecule has 0 aliphatic rings. The molecule has 5 nitrogen and oxygen atoms in total. The van der Waals surface area contributed by atoms with Crippen molar-refractivity contribution in [3.63, 3.8) is 0 Å². The lowest BCUT2D eigenvalue weighted by molar-refractivity contribution is -0.129. The predicted octanol–water partition coefficient (Wildman–Crippen LogP) is 0.601. The molecule has 0 radical (unpaired) electrons. The molecule has 0 aromatic carbocycles. The highest BCUT2D eigenvalue weighted by molar-refractivity contribution is 5.80. The van der Waals surface area contributed by atoms with E-state index in [0.29, 0.717) is 17.1 Å². The molecule has 5 heteroatoms. The molecule has 2 unspecified atom stereocenters. The van der Waals surface area contributed by atoms with Crippen molar-refractivity contribution in [1.29, 1.82) is 0 Å². The summed E-state index contributed by atoms with van der Waals surface area (Å²) < 4.78 is 5.33. The molecular formula is C12H19NO4. The second kappa shape index (κ2) is 4.89. The first kappa shape index (κ1) is 13.7. The highest BCUT2D eigenvalue weighted by Gasteiger charge is 2.28. The van der Waals surface area contributed by atoms with Crippen LogP contribution in [0, 0.1) is 13.8 Å². The fourth-order valence-corrected chi connectivity index (χ4v) is 1.67. The minimum atomic E-state index is -1.22. The van der Waals surface area contributed by atoms with Gasteiger partial charge >= 0.3 is 0 Å². The van der Waals surface area contributed by atoms with Gasteiger partial charge in [0, 0.05) is 5.56 Å². The maximum Gasteiger partial charge on any atom is 0.248 e. The number of aryl methyl sites for hydroxylation is 2. The second-order valence-electron chi connectivity index (χ2n) is 4.49. The first-order chi connectivity index (χ1) is 7.74. The molecule has 0 bridgehead atoms. The van der Waals surface area contributed by atoms with Crippen LogP contribution in [0.25, 0.3) is 0 Å². The molecule has 0 saturated heterocycles. The maximum atomic E-state index is 11.2. The topological polar surface area (TPSA) is 82.7 Å². The Kier molecular flexibility index (Phi) is 3.95. The van der Waals surface area contributed by atoms with Gasteiger partial charge in [-0.15, -0.1) is 0 Å². The zero-order valence-electron chi connectivity index (χ0n) is 10.6. The van der Waals surface area contributed by atoms with Crippen LogP contribution < -0.4 is 5.32 Å². The first-order valence-corrected chi connectivity index (χ1v) is 5.49. The molecule has 3 N–H and O–H groups in total. The minimum absolute atomic E-state index is 0.0244. The Hall–Kier alpha value is -1.33. The van der Waals surface area contributed by atoms with Crippen molar-refractivity contribution in [2.45, 2.75) is 39.4 Å². The van der Waals surface area contributed by atoms with Crippen molar-refractivity contribution < 1.29 is 19.4 Å². The molecule has 1 aromatic rings. The van der Waals surface area contributed by atoms with Crippen molar-refractivity contribution in [1.82, 2.24) is 5.32 Å². The number of aliphatic hydroxyl groups is 2. The lowest BCUT2D eigenvalue weighted by Crippen LogP contribution is -2.42. The summed E-state index contributed by atoms with van der Waals surface area (Å²) in [4.78, 5) is 11.2. The summed E-state index contributed by atoms with van der Waals surface area (Å²) in [6, 6.07) is 1.74. The van der Waals surface area contributed by atoms with Gasteiger partial charge in [0.15, 0.2) is 0 Å². The van der Waals surface area contributed by atoms with Crippen LogP contribution in [0.2, 0.25) is 0 Å².